The molecule has 0 spiro atoms. The minimum Gasteiger partial charge on any atom is -0.258 e. The molecule has 0 saturated heterocycles. The van der Waals surface area contributed by atoms with Crippen LogP contribution in [0.25, 0.3) is 0 Å². The molecular weight excluding hydrogens is 144 g/mol. The molecule has 0 aromatic carbocycles. The van der Waals surface area contributed by atoms with Gasteiger partial charge < -0.3 is 0 Å². The molecule has 1 rings (SSSR count). The standard InChI is InChI=1S/C8H14OS/c1-4-7-5-6-8(2,3)10(7)9/h5-7H,4H2,1-3H3. The zero-order valence-electron chi connectivity index (χ0n) is 6.76. The Balaban J connectivity index is 2.78. The quantitative estimate of drug-likeness (QED) is 0.532. The van der Waals surface area contributed by atoms with Crippen LogP contribution in [0.5, 0.6) is 0 Å². The molecule has 0 aliphatic carbocycles. The van der Waals surface area contributed by atoms with Crippen LogP contribution in [0.3, 0.4) is 0 Å². The Morgan fingerprint density at radius 2 is 2.20 bits per heavy atom. The summed E-state index contributed by atoms with van der Waals surface area (Å²) in [7, 11) is -0.682. The van der Waals surface area contributed by atoms with E-state index in [0.29, 0.717) is 5.25 Å². The Labute approximate surface area is 65.0 Å². The summed E-state index contributed by atoms with van der Waals surface area (Å²) in [6.07, 6.45) is 5.14. The maximum absolute atomic E-state index is 11.5. The Morgan fingerprint density at radius 3 is 2.40 bits per heavy atom. The van der Waals surface area contributed by atoms with Gasteiger partial charge in [-0.25, -0.2) is 0 Å². The maximum atomic E-state index is 11.5. The summed E-state index contributed by atoms with van der Waals surface area (Å²) in [4.78, 5) is 0. The predicted molar refractivity (Wildman–Crippen MR) is 45.4 cm³/mol. The maximum Gasteiger partial charge on any atom is 0.0588 e. The van der Waals surface area contributed by atoms with E-state index in [-0.39, 0.29) is 4.75 Å². The van der Waals surface area contributed by atoms with Gasteiger partial charge in [0.05, 0.1) is 10.00 Å². The third kappa shape index (κ3) is 1.17. The van der Waals surface area contributed by atoms with Crippen molar-refractivity contribution in [2.24, 2.45) is 0 Å². The van der Waals surface area contributed by atoms with Crippen LogP contribution in [-0.4, -0.2) is 14.2 Å². The second kappa shape index (κ2) is 2.50. The fourth-order valence-corrected chi connectivity index (χ4v) is 2.67. The van der Waals surface area contributed by atoms with E-state index in [2.05, 4.69) is 19.1 Å². The molecule has 1 aliphatic heterocycles. The lowest BCUT2D eigenvalue weighted by Gasteiger charge is -2.15. The van der Waals surface area contributed by atoms with Crippen molar-refractivity contribution in [1.82, 2.24) is 0 Å². The number of hydrogen-bond donors (Lipinski definition) is 0. The van der Waals surface area contributed by atoms with Gasteiger partial charge in [-0.15, -0.1) is 0 Å². The van der Waals surface area contributed by atoms with Gasteiger partial charge in [0, 0.05) is 10.8 Å². The van der Waals surface area contributed by atoms with Crippen molar-refractivity contribution in [2.45, 2.75) is 37.2 Å². The van der Waals surface area contributed by atoms with E-state index in [0.717, 1.165) is 6.42 Å². The Kier molecular flexibility index (Phi) is 1.99. The highest BCUT2D eigenvalue weighted by Crippen LogP contribution is 2.27. The molecule has 0 aromatic heterocycles. The highest BCUT2D eigenvalue weighted by molar-refractivity contribution is 7.87. The van der Waals surface area contributed by atoms with Crippen LogP contribution in [0.15, 0.2) is 12.2 Å². The molecule has 0 fully saturated rings. The molecule has 0 aromatic rings. The van der Waals surface area contributed by atoms with Gasteiger partial charge in [0.25, 0.3) is 0 Å². The molecule has 0 bridgehead atoms. The zero-order chi connectivity index (χ0) is 7.78. The van der Waals surface area contributed by atoms with E-state index < -0.39 is 10.8 Å². The van der Waals surface area contributed by atoms with Gasteiger partial charge in [0.2, 0.25) is 0 Å². The van der Waals surface area contributed by atoms with E-state index >= 15 is 0 Å². The van der Waals surface area contributed by atoms with Gasteiger partial charge in [-0.2, -0.15) is 0 Å². The molecule has 1 aliphatic rings. The fraction of sp³-hybridized carbons (Fsp3) is 0.750. The summed E-state index contributed by atoms with van der Waals surface area (Å²) in [5.74, 6) is 0. The lowest BCUT2D eigenvalue weighted by atomic mass is 10.2. The van der Waals surface area contributed by atoms with E-state index in [1.54, 1.807) is 0 Å². The third-order valence-corrected chi connectivity index (χ3v) is 4.12. The van der Waals surface area contributed by atoms with Crippen molar-refractivity contribution in [3.05, 3.63) is 12.2 Å². The molecular formula is C8H14OS. The van der Waals surface area contributed by atoms with Crippen molar-refractivity contribution in [3.63, 3.8) is 0 Å². The molecule has 0 N–H and O–H groups in total. The average Bonchev–Trinajstić information content (AvgIpc) is 2.10. The summed E-state index contributed by atoms with van der Waals surface area (Å²) in [6.45, 7) is 6.12. The first-order valence-corrected chi connectivity index (χ1v) is 4.89. The van der Waals surface area contributed by atoms with Crippen LogP contribution in [0.4, 0.5) is 0 Å². The lowest BCUT2D eigenvalue weighted by molar-refractivity contribution is 0.661. The van der Waals surface area contributed by atoms with Crippen molar-refractivity contribution in [3.8, 4) is 0 Å². The first-order valence-electron chi connectivity index (χ1n) is 3.68. The summed E-state index contributed by atoms with van der Waals surface area (Å²) in [6, 6.07) is 0. The summed E-state index contributed by atoms with van der Waals surface area (Å²) >= 11 is 0. The van der Waals surface area contributed by atoms with Crippen LogP contribution < -0.4 is 0 Å². The third-order valence-electron chi connectivity index (χ3n) is 1.91. The van der Waals surface area contributed by atoms with Crippen molar-refractivity contribution >= 4 is 10.8 Å². The van der Waals surface area contributed by atoms with Crippen molar-refractivity contribution in [1.29, 1.82) is 0 Å². The average molecular weight is 158 g/mol. The molecule has 2 heteroatoms. The molecule has 58 valence electrons. The van der Waals surface area contributed by atoms with E-state index in [4.69, 9.17) is 0 Å². The minimum absolute atomic E-state index is 0.0827. The van der Waals surface area contributed by atoms with E-state index in [1.807, 2.05) is 13.8 Å². The molecule has 10 heavy (non-hydrogen) atoms. The van der Waals surface area contributed by atoms with Crippen LogP contribution in [0.1, 0.15) is 27.2 Å². The van der Waals surface area contributed by atoms with Crippen LogP contribution >= 0.6 is 0 Å². The van der Waals surface area contributed by atoms with Crippen LogP contribution in [-0.2, 0) is 10.8 Å². The molecule has 2 unspecified atom stereocenters. The Morgan fingerprint density at radius 1 is 1.60 bits per heavy atom. The van der Waals surface area contributed by atoms with Gasteiger partial charge in [-0.1, -0.05) is 19.1 Å². The second-order valence-corrected chi connectivity index (χ2v) is 5.46. The first-order chi connectivity index (χ1) is 4.58. The summed E-state index contributed by atoms with van der Waals surface area (Å²) in [5, 5.41) is 0.301. The smallest absolute Gasteiger partial charge is 0.0588 e. The van der Waals surface area contributed by atoms with Gasteiger partial charge in [-0.05, 0) is 20.3 Å². The summed E-state index contributed by atoms with van der Waals surface area (Å²) < 4.78 is 11.4. The summed E-state index contributed by atoms with van der Waals surface area (Å²) in [5.41, 5.74) is 0. The largest absolute Gasteiger partial charge is 0.258 e. The minimum atomic E-state index is -0.682. The first kappa shape index (κ1) is 7.99. The van der Waals surface area contributed by atoms with Crippen LogP contribution in [0.2, 0.25) is 0 Å². The van der Waals surface area contributed by atoms with Crippen molar-refractivity contribution in [2.75, 3.05) is 0 Å². The van der Waals surface area contributed by atoms with Gasteiger partial charge in [-0.3, -0.25) is 4.21 Å². The SMILES string of the molecule is CCC1C=CC(C)(C)S1=O. The fourth-order valence-electron chi connectivity index (χ4n) is 1.16. The topological polar surface area (TPSA) is 17.1 Å². The molecule has 0 amide bonds. The molecule has 1 nitrogen and oxygen atoms in total. The van der Waals surface area contributed by atoms with E-state index in [1.165, 1.54) is 0 Å². The van der Waals surface area contributed by atoms with Gasteiger partial charge in [0.1, 0.15) is 0 Å². The Hall–Kier alpha value is -0.110. The molecule has 1 heterocycles. The molecule has 0 saturated carbocycles. The van der Waals surface area contributed by atoms with E-state index in [9.17, 15) is 4.21 Å². The monoisotopic (exact) mass is 158 g/mol. The molecule has 0 radical (unpaired) electrons. The second-order valence-electron chi connectivity index (χ2n) is 3.21. The number of hydrogen-bond acceptors (Lipinski definition) is 1. The molecule has 2 atom stereocenters. The zero-order valence-corrected chi connectivity index (χ0v) is 7.57. The highest BCUT2D eigenvalue weighted by atomic mass is 32.2. The predicted octanol–water partition coefficient (Wildman–Crippen LogP) is 1.86. The van der Waals surface area contributed by atoms with Gasteiger partial charge in [0.15, 0.2) is 0 Å². The van der Waals surface area contributed by atoms with Crippen molar-refractivity contribution < 1.29 is 4.21 Å². The van der Waals surface area contributed by atoms with Gasteiger partial charge >= 0.3 is 0 Å². The lowest BCUT2D eigenvalue weighted by Crippen LogP contribution is -2.24. The normalized spacial score (nSPS) is 36.7. The Bertz CT molecular complexity index is 182. The number of rotatable bonds is 1. The van der Waals surface area contributed by atoms with Crippen LogP contribution in [0, 0.1) is 0 Å². The highest BCUT2D eigenvalue weighted by Gasteiger charge is 2.32.